The van der Waals surface area contributed by atoms with Gasteiger partial charge < -0.3 is 0 Å². The molecule has 1 heteroatoms. The van der Waals surface area contributed by atoms with Crippen LogP contribution in [-0.2, 0) is 4.79 Å². The standard InChI is InChI=1S/C11H16O/c12-10-5-1-3-8-7-9-4-2-6-11(8,9)10/h8-9H,1-7H2. The van der Waals surface area contributed by atoms with Crippen LogP contribution in [0.15, 0.2) is 0 Å². The maximum absolute atomic E-state index is 11.9. The number of Topliss-reactive ketones (excluding diaryl/α,β-unsaturated/α-hetero) is 1. The molecular formula is C11H16O. The Morgan fingerprint density at radius 2 is 1.92 bits per heavy atom. The topological polar surface area (TPSA) is 17.1 Å². The number of hydrogen-bond donors (Lipinski definition) is 0. The molecule has 0 amide bonds. The Labute approximate surface area is 73.5 Å². The predicted octanol–water partition coefficient (Wildman–Crippen LogP) is 2.55. The highest BCUT2D eigenvalue weighted by atomic mass is 16.1. The number of rotatable bonds is 0. The van der Waals surface area contributed by atoms with Crippen molar-refractivity contribution < 1.29 is 4.79 Å². The van der Waals surface area contributed by atoms with Gasteiger partial charge in [-0.05, 0) is 43.9 Å². The van der Waals surface area contributed by atoms with Crippen LogP contribution in [0, 0.1) is 17.3 Å². The van der Waals surface area contributed by atoms with E-state index in [1.165, 1.54) is 38.5 Å². The number of carbonyl (C=O) groups is 1. The molecule has 0 radical (unpaired) electrons. The summed E-state index contributed by atoms with van der Waals surface area (Å²) < 4.78 is 0. The van der Waals surface area contributed by atoms with Crippen molar-refractivity contribution in [1.29, 1.82) is 0 Å². The highest BCUT2D eigenvalue weighted by Gasteiger charge is 2.61. The highest BCUT2D eigenvalue weighted by molar-refractivity contribution is 5.87. The second kappa shape index (κ2) is 2.12. The zero-order valence-electron chi connectivity index (χ0n) is 7.51. The molecule has 0 saturated heterocycles. The molecule has 3 fully saturated rings. The van der Waals surface area contributed by atoms with Crippen LogP contribution in [0.5, 0.6) is 0 Å². The fraction of sp³-hybridized carbons (Fsp3) is 0.909. The minimum absolute atomic E-state index is 0.248. The van der Waals surface area contributed by atoms with E-state index in [2.05, 4.69) is 0 Å². The summed E-state index contributed by atoms with van der Waals surface area (Å²) in [5.41, 5.74) is 0.248. The number of carbonyl (C=O) groups excluding carboxylic acids is 1. The average molecular weight is 164 g/mol. The van der Waals surface area contributed by atoms with Crippen molar-refractivity contribution in [3.8, 4) is 0 Å². The maximum Gasteiger partial charge on any atom is 0.139 e. The quantitative estimate of drug-likeness (QED) is 0.537. The summed E-state index contributed by atoms with van der Waals surface area (Å²) in [4.78, 5) is 11.9. The van der Waals surface area contributed by atoms with E-state index in [9.17, 15) is 4.79 Å². The molecule has 3 rings (SSSR count). The van der Waals surface area contributed by atoms with Crippen LogP contribution in [0.1, 0.15) is 44.9 Å². The SMILES string of the molecule is O=C1CCCC2CC3CCCC123. The fourth-order valence-corrected chi connectivity index (χ4v) is 4.07. The van der Waals surface area contributed by atoms with Gasteiger partial charge in [-0.3, -0.25) is 4.79 Å². The first kappa shape index (κ1) is 7.11. The molecule has 0 aromatic carbocycles. The maximum atomic E-state index is 11.9. The second-order valence-corrected chi connectivity index (χ2v) is 4.88. The van der Waals surface area contributed by atoms with Crippen LogP contribution in [0.2, 0.25) is 0 Å². The van der Waals surface area contributed by atoms with Crippen LogP contribution in [-0.4, -0.2) is 5.78 Å². The summed E-state index contributed by atoms with van der Waals surface area (Å²) in [7, 11) is 0. The highest BCUT2D eigenvalue weighted by Crippen LogP contribution is 2.65. The molecule has 3 saturated carbocycles. The van der Waals surface area contributed by atoms with E-state index in [-0.39, 0.29) is 5.41 Å². The van der Waals surface area contributed by atoms with E-state index >= 15 is 0 Å². The zero-order valence-corrected chi connectivity index (χ0v) is 7.51. The van der Waals surface area contributed by atoms with Crippen molar-refractivity contribution >= 4 is 5.78 Å². The van der Waals surface area contributed by atoms with E-state index in [1.54, 1.807) is 0 Å². The Balaban J connectivity index is 1.96. The van der Waals surface area contributed by atoms with Crippen LogP contribution in [0.4, 0.5) is 0 Å². The monoisotopic (exact) mass is 164 g/mol. The number of ketones is 1. The third kappa shape index (κ3) is 0.605. The molecule has 3 aliphatic carbocycles. The summed E-state index contributed by atoms with van der Waals surface area (Å²) in [6.45, 7) is 0. The molecule has 0 aromatic rings. The van der Waals surface area contributed by atoms with Gasteiger partial charge in [0.05, 0.1) is 0 Å². The van der Waals surface area contributed by atoms with E-state index in [4.69, 9.17) is 0 Å². The molecule has 0 aliphatic heterocycles. The van der Waals surface area contributed by atoms with Crippen molar-refractivity contribution in [2.45, 2.75) is 44.9 Å². The Bertz CT molecular complexity index is 233. The van der Waals surface area contributed by atoms with E-state index < -0.39 is 0 Å². The lowest BCUT2D eigenvalue weighted by Gasteiger charge is -2.54. The van der Waals surface area contributed by atoms with Gasteiger partial charge in [-0.1, -0.05) is 6.42 Å². The first-order valence-corrected chi connectivity index (χ1v) is 5.37. The summed E-state index contributed by atoms with van der Waals surface area (Å²) in [5, 5.41) is 0. The molecular weight excluding hydrogens is 148 g/mol. The van der Waals surface area contributed by atoms with Crippen molar-refractivity contribution in [2.75, 3.05) is 0 Å². The third-order valence-corrected chi connectivity index (χ3v) is 4.64. The summed E-state index contributed by atoms with van der Waals surface area (Å²) in [6, 6.07) is 0. The van der Waals surface area contributed by atoms with Crippen LogP contribution < -0.4 is 0 Å². The number of hydrogen-bond acceptors (Lipinski definition) is 1. The molecule has 3 aliphatic rings. The Kier molecular flexibility index (Phi) is 1.26. The van der Waals surface area contributed by atoms with Gasteiger partial charge in [0, 0.05) is 11.8 Å². The van der Waals surface area contributed by atoms with Gasteiger partial charge in [0.2, 0.25) is 0 Å². The lowest BCUT2D eigenvalue weighted by molar-refractivity contribution is -0.151. The predicted molar refractivity (Wildman–Crippen MR) is 46.7 cm³/mol. The molecule has 12 heavy (non-hydrogen) atoms. The zero-order chi connectivity index (χ0) is 8.18. The summed E-state index contributed by atoms with van der Waals surface area (Å²) in [6.07, 6.45) is 8.72. The molecule has 0 aromatic heterocycles. The Hall–Kier alpha value is -0.330. The van der Waals surface area contributed by atoms with Gasteiger partial charge in [0.25, 0.3) is 0 Å². The minimum Gasteiger partial charge on any atom is -0.299 e. The lowest BCUT2D eigenvalue weighted by Crippen LogP contribution is -2.53. The average Bonchev–Trinajstić information content (AvgIpc) is 2.31. The normalized spacial score (nSPS) is 51.2. The van der Waals surface area contributed by atoms with Crippen molar-refractivity contribution in [3.63, 3.8) is 0 Å². The van der Waals surface area contributed by atoms with Gasteiger partial charge in [-0.15, -0.1) is 0 Å². The summed E-state index contributed by atoms with van der Waals surface area (Å²) >= 11 is 0. The van der Waals surface area contributed by atoms with Crippen LogP contribution in [0.3, 0.4) is 0 Å². The van der Waals surface area contributed by atoms with Crippen LogP contribution in [0.25, 0.3) is 0 Å². The first-order valence-electron chi connectivity index (χ1n) is 5.37. The second-order valence-electron chi connectivity index (χ2n) is 4.88. The molecule has 3 atom stereocenters. The van der Waals surface area contributed by atoms with E-state index in [0.717, 1.165) is 18.3 Å². The minimum atomic E-state index is 0.248. The molecule has 3 unspecified atom stereocenters. The molecule has 0 heterocycles. The third-order valence-electron chi connectivity index (χ3n) is 4.64. The summed E-state index contributed by atoms with van der Waals surface area (Å²) in [5.74, 6) is 2.26. The largest absolute Gasteiger partial charge is 0.299 e. The Morgan fingerprint density at radius 1 is 1.17 bits per heavy atom. The molecule has 0 N–H and O–H groups in total. The van der Waals surface area contributed by atoms with E-state index in [0.29, 0.717) is 5.78 Å². The molecule has 1 nitrogen and oxygen atoms in total. The van der Waals surface area contributed by atoms with Gasteiger partial charge in [0.1, 0.15) is 5.78 Å². The lowest BCUT2D eigenvalue weighted by atomic mass is 9.48. The first-order chi connectivity index (χ1) is 5.84. The van der Waals surface area contributed by atoms with Crippen molar-refractivity contribution in [1.82, 2.24) is 0 Å². The van der Waals surface area contributed by atoms with Gasteiger partial charge in [-0.2, -0.15) is 0 Å². The van der Waals surface area contributed by atoms with Gasteiger partial charge >= 0.3 is 0 Å². The van der Waals surface area contributed by atoms with Crippen LogP contribution >= 0.6 is 0 Å². The smallest absolute Gasteiger partial charge is 0.139 e. The fourth-order valence-electron chi connectivity index (χ4n) is 4.07. The van der Waals surface area contributed by atoms with Crippen molar-refractivity contribution in [2.24, 2.45) is 17.3 Å². The molecule has 66 valence electrons. The van der Waals surface area contributed by atoms with Crippen molar-refractivity contribution in [3.05, 3.63) is 0 Å². The van der Waals surface area contributed by atoms with Gasteiger partial charge in [-0.25, -0.2) is 0 Å². The molecule has 0 bridgehead atoms. The van der Waals surface area contributed by atoms with Gasteiger partial charge in [0.15, 0.2) is 0 Å². The molecule has 1 spiro atoms. The Morgan fingerprint density at radius 3 is 2.58 bits per heavy atom. The van der Waals surface area contributed by atoms with E-state index in [1.807, 2.05) is 0 Å².